The van der Waals surface area contributed by atoms with Crippen molar-refractivity contribution in [2.45, 2.75) is 67.2 Å². The third kappa shape index (κ3) is 5.63. The minimum atomic E-state index is 0.0285. The van der Waals surface area contributed by atoms with Crippen LogP contribution < -0.4 is 14.2 Å². The van der Waals surface area contributed by atoms with Crippen LogP contribution in [0.3, 0.4) is 0 Å². The summed E-state index contributed by atoms with van der Waals surface area (Å²) in [7, 11) is 0. The highest BCUT2D eigenvalue weighted by molar-refractivity contribution is 5.55. The van der Waals surface area contributed by atoms with Crippen molar-refractivity contribution in [1.82, 2.24) is 0 Å². The Morgan fingerprint density at radius 2 is 1.17 bits per heavy atom. The second kappa shape index (κ2) is 7.94. The molecular formula is C20H34O3. The number of rotatable bonds is 8. The molecule has 0 saturated heterocycles. The molecule has 3 nitrogen and oxygen atoms in total. The minimum absolute atomic E-state index is 0.0285. The molecule has 3 heteroatoms. The molecule has 132 valence electrons. The van der Waals surface area contributed by atoms with E-state index in [4.69, 9.17) is 14.2 Å². The summed E-state index contributed by atoms with van der Waals surface area (Å²) in [5.41, 5.74) is 1.50. The third-order valence-electron chi connectivity index (χ3n) is 3.66. The standard InChI is InChI=1S/C20H34O3/c1-9-21-16-12-15(20(7,8)14-19(4,5)6)13-17(22-10-2)18(16)23-11-3/h12-13H,9-11,14H2,1-8H3. The average molecular weight is 322 g/mol. The molecule has 0 heterocycles. The van der Waals surface area contributed by atoms with E-state index in [1.807, 2.05) is 20.8 Å². The van der Waals surface area contributed by atoms with Crippen molar-refractivity contribution in [2.24, 2.45) is 5.41 Å². The molecule has 0 aliphatic rings. The molecule has 0 N–H and O–H groups in total. The molecule has 23 heavy (non-hydrogen) atoms. The second-order valence-corrected chi connectivity index (χ2v) is 7.72. The molecule has 0 bridgehead atoms. The third-order valence-corrected chi connectivity index (χ3v) is 3.66. The fraction of sp³-hybridized carbons (Fsp3) is 0.700. The Balaban J connectivity index is 3.37. The summed E-state index contributed by atoms with van der Waals surface area (Å²) in [5.74, 6) is 2.26. The zero-order valence-electron chi connectivity index (χ0n) is 16.2. The van der Waals surface area contributed by atoms with Crippen molar-refractivity contribution in [3.05, 3.63) is 17.7 Å². The summed E-state index contributed by atoms with van der Waals surface area (Å²) in [6, 6.07) is 4.23. The van der Waals surface area contributed by atoms with Gasteiger partial charge in [-0.15, -0.1) is 0 Å². The van der Waals surface area contributed by atoms with Gasteiger partial charge in [-0.2, -0.15) is 0 Å². The van der Waals surface area contributed by atoms with E-state index in [1.165, 1.54) is 5.56 Å². The van der Waals surface area contributed by atoms with E-state index in [1.54, 1.807) is 0 Å². The molecule has 1 aromatic rings. The quantitative estimate of drug-likeness (QED) is 0.624. The van der Waals surface area contributed by atoms with Crippen LogP contribution in [0.1, 0.15) is 67.4 Å². The zero-order chi connectivity index (χ0) is 17.7. The smallest absolute Gasteiger partial charge is 0.203 e. The summed E-state index contributed by atoms with van der Waals surface area (Å²) >= 11 is 0. The van der Waals surface area contributed by atoms with Crippen molar-refractivity contribution in [1.29, 1.82) is 0 Å². The van der Waals surface area contributed by atoms with E-state index >= 15 is 0 Å². The van der Waals surface area contributed by atoms with Crippen molar-refractivity contribution in [2.75, 3.05) is 19.8 Å². The normalized spacial score (nSPS) is 12.2. The van der Waals surface area contributed by atoms with E-state index in [-0.39, 0.29) is 10.8 Å². The van der Waals surface area contributed by atoms with Crippen molar-refractivity contribution < 1.29 is 14.2 Å². The van der Waals surface area contributed by atoms with Gasteiger partial charge in [0.2, 0.25) is 5.75 Å². The Morgan fingerprint density at radius 1 is 0.739 bits per heavy atom. The lowest BCUT2D eigenvalue weighted by molar-refractivity contribution is 0.255. The van der Waals surface area contributed by atoms with E-state index in [0.29, 0.717) is 25.6 Å². The van der Waals surface area contributed by atoms with Gasteiger partial charge in [-0.3, -0.25) is 0 Å². The Hall–Kier alpha value is -1.38. The van der Waals surface area contributed by atoms with Gasteiger partial charge in [-0.25, -0.2) is 0 Å². The van der Waals surface area contributed by atoms with E-state index in [2.05, 4.69) is 46.8 Å². The van der Waals surface area contributed by atoms with Crippen molar-refractivity contribution in [3.63, 3.8) is 0 Å². The number of hydrogen-bond acceptors (Lipinski definition) is 3. The Labute approximate surface area is 142 Å². The molecule has 0 spiro atoms. The fourth-order valence-electron chi connectivity index (χ4n) is 3.21. The van der Waals surface area contributed by atoms with Crippen LogP contribution in [-0.2, 0) is 5.41 Å². The molecule has 1 rings (SSSR count). The monoisotopic (exact) mass is 322 g/mol. The molecule has 1 aromatic carbocycles. The van der Waals surface area contributed by atoms with Crippen LogP contribution in [0.25, 0.3) is 0 Å². The van der Waals surface area contributed by atoms with Gasteiger partial charge in [0.15, 0.2) is 11.5 Å². The predicted octanol–water partition coefficient (Wildman–Crippen LogP) is 5.60. The van der Waals surface area contributed by atoms with Gasteiger partial charge in [0, 0.05) is 0 Å². The van der Waals surface area contributed by atoms with Crippen molar-refractivity contribution >= 4 is 0 Å². The lowest BCUT2D eigenvalue weighted by atomic mass is 9.72. The number of ether oxygens (including phenoxy) is 3. The lowest BCUT2D eigenvalue weighted by Crippen LogP contribution is -2.25. The fourth-order valence-corrected chi connectivity index (χ4v) is 3.21. The first-order chi connectivity index (χ1) is 10.6. The molecule has 0 aromatic heterocycles. The lowest BCUT2D eigenvalue weighted by Gasteiger charge is -2.33. The van der Waals surface area contributed by atoms with Crippen LogP contribution in [0.5, 0.6) is 17.2 Å². The van der Waals surface area contributed by atoms with E-state index in [0.717, 1.165) is 17.9 Å². The Bertz CT molecular complexity index is 471. The maximum Gasteiger partial charge on any atom is 0.203 e. The molecule has 0 radical (unpaired) electrons. The van der Waals surface area contributed by atoms with Gasteiger partial charge in [-0.1, -0.05) is 34.6 Å². The Kier molecular flexibility index (Phi) is 6.79. The summed E-state index contributed by atoms with van der Waals surface area (Å²) in [5, 5.41) is 0. The van der Waals surface area contributed by atoms with Gasteiger partial charge in [0.25, 0.3) is 0 Å². The predicted molar refractivity (Wildman–Crippen MR) is 97.0 cm³/mol. The first-order valence-corrected chi connectivity index (χ1v) is 8.71. The molecule has 0 amide bonds. The van der Waals surface area contributed by atoms with Gasteiger partial charge in [0.1, 0.15) is 0 Å². The van der Waals surface area contributed by atoms with Crippen LogP contribution >= 0.6 is 0 Å². The molecule has 0 unspecified atom stereocenters. The Morgan fingerprint density at radius 3 is 1.52 bits per heavy atom. The van der Waals surface area contributed by atoms with Gasteiger partial charge < -0.3 is 14.2 Å². The first-order valence-electron chi connectivity index (χ1n) is 8.71. The average Bonchev–Trinajstić information content (AvgIpc) is 2.39. The van der Waals surface area contributed by atoms with Crippen LogP contribution in [0.2, 0.25) is 0 Å². The minimum Gasteiger partial charge on any atom is -0.490 e. The largest absolute Gasteiger partial charge is 0.490 e. The summed E-state index contributed by atoms with van der Waals surface area (Å²) < 4.78 is 17.5. The van der Waals surface area contributed by atoms with Gasteiger partial charge in [-0.05, 0) is 55.7 Å². The number of hydrogen-bond donors (Lipinski definition) is 0. The molecule has 0 atom stereocenters. The molecule has 0 saturated carbocycles. The van der Waals surface area contributed by atoms with Crippen LogP contribution in [0, 0.1) is 5.41 Å². The second-order valence-electron chi connectivity index (χ2n) is 7.72. The summed E-state index contributed by atoms with van der Waals surface area (Å²) in [6.45, 7) is 19.1. The van der Waals surface area contributed by atoms with Gasteiger partial charge >= 0.3 is 0 Å². The van der Waals surface area contributed by atoms with Crippen LogP contribution in [0.4, 0.5) is 0 Å². The summed E-state index contributed by atoms with van der Waals surface area (Å²) in [4.78, 5) is 0. The van der Waals surface area contributed by atoms with E-state index < -0.39 is 0 Å². The maximum atomic E-state index is 5.84. The molecule has 0 fully saturated rings. The van der Waals surface area contributed by atoms with Crippen LogP contribution in [0.15, 0.2) is 12.1 Å². The maximum absolute atomic E-state index is 5.84. The summed E-state index contributed by atoms with van der Waals surface area (Å²) in [6.07, 6.45) is 1.07. The zero-order valence-corrected chi connectivity index (χ0v) is 16.2. The highest BCUT2D eigenvalue weighted by Crippen LogP contribution is 2.44. The topological polar surface area (TPSA) is 27.7 Å². The van der Waals surface area contributed by atoms with E-state index in [9.17, 15) is 0 Å². The molecule has 0 aliphatic heterocycles. The number of benzene rings is 1. The molecular weight excluding hydrogens is 288 g/mol. The highest BCUT2D eigenvalue weighted by atomic mass is 16.5. The van der Waals surface area contributed by atoms with Crippen molar-refractivity contribution in [3.8, 4) is 17.2 Å². The SMILES string of the molecule is CCOc1cc(C(C)(C)CC(C)(C)C)cc(OCC)c1OCC. The van der Waals surface area contributed by atoms with Gasteiger partial charge in [0.05, 0.1) is 19.8 Å². The van der Waals surface area contributed by atoms with Crippen LogP contribution in [-0.4, -0.2) is 19.8 Å². The molecule has 0 aliphatic carbocycles. The first kappa shape index (κ1) is 19.7. The highest BCUT2D eigenvalue weighted by Gasteiger charge is 2.29.